The summed E-state index contributed by atoms with van der Waals surface area (Å²) in [7, 11) is 0. The van der Waals surface area contributed by atoms with Gasteiger partial charge in [0, 0.05) is 26.9 Å². The molecule has 1 aliphatic heterocycles. The van der Waals surface area contributed by atoms with Crippen molar-refractivity contribution in [1.29, 1.82) is 10.5 Å². The molecule has 0 radical (unpaired) electrons. The fourth-order valence-corrected chi connectivity index (χ4v) is 5.42. The highest BCUT2D eigenvalue weighted by molar-refractivity contribution is 8.00. The molecule has 0 bridgehead atoms. The molecule has 1 unspecified atom stereocenters. The van der Waals surface area contributed by atoms with Crippen LogP contribution in [0.5, 0.6) is 0 Å². The Balaban J connectivity index is 1.48. The van der Waals surface area contributed by atoms with Gasteiger partial charge in [0.25, 0.3) is 0 Å². The summed E-state index contributed by atoms with van der Waals surface area (Å²) in [5, 5.41) is 24.5. The lowest BCUT2D eigenvalue weighted by atomic mass is 9.98. The van der Waals surface area contributed by atoms with Crippen LogP contribution in [-0.4, -0.2) is 0 Å². The molecule has 0 spiro atoms. The van der Waals surface area contributed by atoms with Gasteiger partial charge in [0.2, 0.25) is 0 Å². The molecule has 0 saturated heterocycles. The summed E-state index contributed by atoms with van der Waals surface area (Å²) in [5.74, 6) is 0. The van der Waals surface area contributed by atoms with Crippen molar-refractivity contribution in [3.63, 3.8) is 0 Å². The SMILES string of the molecule is N#Cc1cc(-c2cccc3c2oc2ccccc23)cc(C2Nc3ccc(C#N)cc3S2)c1. The van der Waals surface area contributed by atoms with E-state index in [1.54, 1.807) is 11.8 Å². The molecule has 1 atom stereocenters. The Morgan fingerprint density at radius 1 is 0.812 bits per heavy atom. The van der Waals surface area contributed by atoms with Gasteiger partial charge in [-0.15, -0.1) is 0 Å². The largest absolute Gasteiger partial charge is 0.455 e. The van der Waals surface area contributed by atoms with E-state index >= 15 is 0 Å². The summed E-state index contributed by atoms with van der Waals surface area (Å²) < 4.78 is 6.22. The predicted molar refractivity (Wildman–Crippen MR) is 127 cm³/mol. The minimum absolute atomic E-state index is 0.0409. The van der Waals surface area contributed by atoms with Crippen LogP contribution in [0, 0.1) is 22.7 Å². The number of hydrogen-bond donors (Lipinski definition) is 1. The maximum atomic E-state index is 9.71. The van der Waals surface area contributed by atoms with Crippen LogP contribution >= 0.6 is 11.8 Å². The number of nitriles is 2. The summed E-state index contributed by atoms with van der Waals surface area (Å²) in [4.78, 5) is 1.04. The van der Waals surface area contributed by atoms with Gasteiger partial charge in [0.15, 0.2) is 0 Å². The predicted octanol–water partition coefficient (Wildman–Crippen LogP) is 7.21. The molecule has 2 heterocycles. The molecule has 4 aromatic carbocycles. The van der Waals surface area contributed by atoms with E-state index in [2.05, 4.69) is 35.7 Å². The van der Waals surface area contributed by atoms with Crippen molar-refractivity contribution in [1.82, 2.24) is 0 Å². The number of rotatable bonds is 2. The third kappa shape index (κ3) is 2.92. The van der Waals surface area contributed by atoms with E-state index in [0.29, 0.717) is 11.1 Å². The average Bonchev–Trinajstić information content (AvgIpc) is 3.44. The van der Waals surface area contributed by atoms with E-state index in [1.807, 2.05) is 60.7 Å². The highest BCUT2D eigenvalue weighted by atomic mass is 32.2. The Bertz CT molecular complexity index is 1620. The Morgan fingerprint density at radius 2 is 1.66 bits per heavy atom. The van der Waals surface area contributed by atoms with Crippen molar-refractivity contribution in [2.24, 2.45) is 0 Å². The van der Waals surface area contributed by atoms with Gasteiger partial charge in [-0.2, -0.15) is 10.5 Å². The van der Waals surface area contributed by atoms with Gasteiger partial charge in [-0.1, -0.05) is 48.2 Å². The molecule has 0 aliphatic carbocycles. The van der Waals surface area contributed by atoms with E-state index in [0.717, 1.165) is 49.2 Å². The van der Waals surface area contributed by atoms with E-state index in [9.17, 15) is 10.5 Å². The molecule has 5 aromatic rings. The van der Waals surface area contributed by atoms with Gasteiger partial charge < -0.3 is 9.73 Å². The van der Waals surface area contributed by atoms with Gasteiger partial charge >= 0.3 is 0 Å². The zero-order valence-corrected chi connectivity index (χ0v) is 17.6. The quantitative estimate of drug-likeness (QED) is 0.321. The number of fused-ring (bicyclic) bond motifs is 4. The van der Waals surface area contributed by atoms with Crippen LogP contribution in [0.1, 0.15) is 22.1 Å². The van der Waals surface area contributed by atoms with Crippen molar-refractivity contribution in [3.8, 4) is 23.3 Å². The lowest BCUT2D eigenvalue weighted by Crippen LogP contribution is -2.02. The summed E-state index contributed by atoms with van der Waals surface area (Å²) in [6, 6.07) is 30.2. The number of hydrogen-bond acceptors (Lipinski definition) is 5. The average molecular weight is 430 g/mol. The van der Waals surface area contributed by atoms with Crippen LogP contribution in [-0.2, 0) is 0 Å². The van der Waals surface area contributed by atoms with Crippen molar-refractivity contribution in [3.05, 3.63) is 95.6 Å². The Kier molecular flexibility index (Phi) is 4.18. The number of benzene rings is 4. The van der Waals surface area contributed by atoms with Crippen LogP contribution in [0.2, 0.25) is 0 Å². The second-order valence-electron chi connectivity index (χ2n) is 7.70. The van der Waals surface area contributed by atoms with Gasteiger partial charge in [-0.3, -0.25) is 0 Å². The van der Waals surface area contributed by atoms with Crippen molar-refractivity contribution in [2.75, 3.05) is 5.32 Å². The first-order valence-corrected chi connectivity index (χ1v) is 11.0. The molecule has 4 nitrogen and oxygen atoms in total. The zero-order chi connectivity index (χ0) is 21.7. The first kappa shape index (κ1) is 18.6. The smallest absolute Gasteiger partial charge is 0.143 e. The molecule has 32 heavy (non-hydrogen) atoms. The van der Waals surface area contributed by atoms with Gasteiger partial charge in [-0.05, 0) is 53.6 Å². The Morgan fingerprint density at radius 3 is 2.53 bits per heavy atom. The molecule has 5 heteroatoms. The summed E-state index contributed by atoms with van der Waals surface area (Å²) in [6.07, 6.45) is 0. The second kappa shape index (κ2) is 7.20. The van der Waals surface area contributed by atoms with Crippen molar-refractivity contribution >= 4 is 39.4 Å². The zero-order valence-electron chi connectivity index (χ0n) is 16.8. The maximum absolute atomic E-state index is 9.71. The van der Waals surface area contributed by atoms with Crippen LogP contribution in [0.15, 0.2) is 88.2 Å². The first-order chi connectivity index (χ1) is 15.7. The molecule has 1 aromatic heterocycles. The molecule has 6 rings (SSSR count). The highest BCUT2D eigenvalue weighted by Crippen LogP contribution is 2.47. The fourth-order valence-electron chi connectivity index (χ4n) is 4.26. The topological polar surface area (TPSA) is 72.8 Å². The number of para-hydroxylation sites is 2. The lowest BCUT2D eigenvalue weighted by Gasteiger charge is -2.14. The van der Waals surface area contributed by atoms with Crippen LogP contribution in [0.4, 0.5) is 5.69 Å². The van der Waals surface area contributed by atoms with E-state index in [-0.39, 0.29) is 5.37 Å². The number of anilines is 1. The molecule has 150 valence electrons. The summed E-state index contributed by atoms with van der Waals surface area (Å²) >= 11 is 1.65. The van der Waals surface area contributed by atoms with Crippen molar-refractivity contribution in [2.45, 2.75) is 10.3 Å². The summed E-state index contributed by atoms with van der Waals surface area (Å²) in [6.45, 7) is 0. The van der Waals surface area contributed by atoms with Crippen molar-refractivity contribution < 1.29 is 4.42 Å². The fraction of sp³-hybridized carbons (Fsp3) is 0.0370. The summed E-state index contributed by atoms with van der Waals surface area (Å²) in [5.41, 5.74) is 6.83. The minimum atomic E-state index is -0.0409. The number of thioether (sulfide) groups is 1. The van der Waals surface area contributed by atoms with E-state index in [4.69, 9.17) is 4.42 Å². The third-order valence-electron chi connectivity index (χ3n) is 5.74. The lowest BCUT2D eigenvalue weighted by molar-refractivity contribution is 0.670. The van der Waals surface area contributed by atoms with Crippen LogP contribution in [0.3, 0.4) is 0 Å². The molecule has 0 amide bonds. The monoisotopic (exact) mass is 429 g/mol. The first-order valence-electron chi connectivity index (χ1n) is 10.2. The molecule has 1 aliphatic rings. The Hall–Kier alpha value is -4.19. The van der Waals surface area contributed by atoms with E-state index < -0.39 is 0 Å². The molecule has 0 fully saturated rings. The van der Waals surface area contributed by atoms with Gasteiger partial charge in [-0.25, -0.2) is 0 Å². The second-order valence-corrected chi connectivity index (χ2v) is 8.85. The van der Waals surface area contributed by atoms with Gasteiger partial charge in [0.1, 0.15) is 16.5 Å². The maximum Gasteiger partial charge on any atom is 0.143 e. The standard InChI is InChI=1S/C27H15N3OS/c28-14-16-8-9-23-25(12-16)32-27(30-23)19-11-17(15-29)10-18(13-19)20-5-3-6-22-21-4-1-2-7-24(21)31-26(20)22/h1-13,27,30H. The third-order valence-corrected chi connectivity index (χ3v) is 6.96. The molecular weight excluding hydrogens is 414 g/mol. The normalized spacial score (nSPS) is 14.6. The molecule has 1 N–H and O–H groups in total. The highest BCUT2D eigenvalue weighted by Gasteiger charge is 2.24. The minimum Gasteiger partial charge on any atom is -0.455 e. The number of nitrogens with one attached hydrogen (secondary N) is 1. The number of nitrogens with zero attached hydrogens (tertiary/aromatic N) is 2. The van der Waals surface area contributed by atoms with E-state index in [1.165, 1.54) is 0 Å². The Labute approximate surface area is 188 Å². The van der Waals surface area contributed by atoms with Gasteiger partial charge in [0.05, 0.1) is 23.3 Å². The van der Waals surface area contributed by atoms with Crippen LogP contribution in [0.25, 0.3) is 33.1 Å². The molecular formula is C27H15N3OS. The number of furan rings is 1. The molecule has 0 saturated carbocycles. The van der Waals surface area contributed by atoms with Crippen LogP contribution < -0.4 is 5.32 Å².